The highest BCUT2D eigenvalue weighted by Crippen LogP contribution is 1.99. The SMILES string of the molecule is CNc1ccc(N)nn1. The zero-order valence-corrected chi connectivity index (χ0v) is 5.13. The molecule has 0 unspecified atom stereocenters. The minimum absolute atomic E-state index is 0.439. The van der Waals surface area contributed by atoms with Crippen molar-refractivity contribution in [1.82, 2.24) is 10.2 Å². The molecular formula is C5H8N4. The van der Waals surface area contributed by atoms with Crippen molar-refractivity contribution >= 4 is 11.6 Å². The minimum Gasteiger partial charge on any atom is -0.382 e. The maximum Gasteiger partial charge on any atom is 0.148 e. The molecule has 0 aromatic carbocycles. The van der Waals surface area contributed by atoms with E-state index in [0.717, 1.165) is 5.82 Å². The molecule has 0 aliphatic carbocycles. The van der Waals surface area contributed by atoms with E-state index in [1.165, 1.54) is 0 Å². The van der Waals surface area contributed by atoms with E-state index in [-0.39, 0.29) is 0 Å². The van der Waals surface area contributed by atoms with Gasteiger partial charge in [0.25, 0.3) is 0 Å². The third kappa shape index (κ3) is 1.28. The molecule has 1 heterocycles. The normalized spacial score (nSPS) is 9.00. The molecule has 0 aliphatic heterocycles. The number of hydrogen-bond acceptors (Lipinski definition) is 4. The predicted octanol–water partition coefficient (Wildman–Crippen LogP) is 0.100. The Labute approximate surface area is 53.1 Å². The number of nitrogens with two attached hydrogens (primary N) is 1. The number of anilines is 2. The summed E-state index contributed by atoms with van der Waals surface area (Å²) in [6.07, 6.45) is 0. The minimum atomic E-state index is 0.439. The summed E-state index contributed by atoms with van der Waals surface area (Å²) >= 11 is 0. The Morgan fingerprint density at radius 2 is 2.22 bits per heavy atom. The van der Waals surface area contributed by atoms with E-state index in [0.29, 0.717) is 5.82 Å². The molecule has 3 N–H and O–H groups in total. The molecule has 9 heavy (non-hydrogen) atoms. The zero-order chi connectivity index (χ0) is 6.69. The summed E-state index contributed by atoms with van der Waals surface area (Å²) in [5.41, 5.74) is 5.28. The third-order valence-corrected chi connectivity index (χ3v) is 0.941. The average molecular weight is 124 g/mol. The summed E-state index contributed by atoms with van der Waals surface area (Å²) in [6, 6.07) is 3.46. The fraction of sp³-hybridized carbons (Fsp3) is 0.200. The summed E-state index contributed by atoms with van der Waals surface area (Å²) in [5, 5.41) is 10.2. The van der Waals surface area contributed by atoms with Crippen LogP contribution in [0.15, 0.2) is 12.1 Å². The van der Waals surface area contributed by atoms with Crippen LogP contribution in [-0.4, -0.2) is 17.2 Å². The Hall–Kier alpha value is -1.32. The molecule has 1 aromatic rings. The van der Waals surface area contributed by atoms with Crippen molar-refractivity contribution in [3.63, 3.8) is 0 Å². The van der Waals surface area contributed by atoms with Gasteiger partial charge in [0.2, 0.25) is 0 Å². The first-order valence-electron chi connectivity index (χ1n) is 2.60. The lowest BCUT2D eigenvalue weighted by Gasteiger charge is -1.94. The molecule has 0 atom stereocenters. The monoisotopic (exact) mass is 124 g/mol. The number of nitrogens with one attached hydrogen (secondary N) is 1. The van der Waals surface area contributed by atoms with Crippen molar-refractivity contribution < 1.29 is 0 Å². The van der Waals surface area contributed by atoms with Gasteiger partial charge < -0.3 is 11.1 Å². The summed E-state index contributed by atoms with van der Waals surface area (Å²) in [5.74, 6) is 1.17. The molecule has 0 fully saturated rings. The number of nitrogen functional groups attached to an aromatic ring is 1. The number of rotatable bonds is 1. The molecule has 4 heteroatoms. The van der Waals surface area contributed by atoms with Crippen LogP contribution in [0.4, 0.5) is 11.6 Å². The van der Waals surface area contributed by atoms with Gasteiger partial charge in [-0.3, -0.25) is 0 Å². The highest BCUT2D eigenvalue weighted by Gasteiger charge is 1.87. The third-order valence-electron chi connectivity index (χ3n) is 0.941. The lowest BCUT2D eigenvalue weighted by Crippen LogP contribution is -1.96. The van der Waals surface area contributed by atoms with Crippen LogP contribution in [-0.2, 0) is 0 Å². The fourth-order valence-electron chi connectivity index (χ4n) is 0.476. The number of aromatic nitrogens is 2. The largest absolute Gasteiger partial charge is 0.382 e. The fourth-order valence-corrected chi connectivity index (χ4v) is 0.476. The molecule has 0 amide bonds. The summed E-state index contributed by atoms with van der Waals surface area (Å²) in [6.45, 7) is 0. The second kappa shape index (κ2) is 2.30. The molecule has 0 spiro atoms. The zero-order valence-electron chi connectivity index (χ0n) is 5.13. The Kier molecular flexibility index (Phi) is 1.48. The Morgan fingerprint density at radius 1 is 1.44 bits per heavy atom. The van der Waals surface area contributed by atoms with Gasteiger partial charge in [-0.15, -0.1) is 10.2 Å². The topological polar surface area (TPSA) is 63.8 Å². The van der Waals surface area contributed by atoms with E-state index in [9.17, 15) is 0 Å². The van der Waals surface area contributed by atoms with Crippen molar-refractivity contribution in [2.75, 3.05) is 18.1 Å². The molecule has 1 aromatic heterocycles. The smallest absolute Gasteiger partial charge is 0.148 e. The highest BCUT2D eigenvalue weighted by atomic mass is 15.2. The van der Waals surface area contributed by atoms with Crippen LogP contribution in [0.5, 0.6) is 0 Å². The number of nitrogens with zero attached hydrogens (tertiary/aromatic N) is 2. The molecule has 0 radical (unpaired) electrons. The van der Waals surface area contributed by atoms with Gasteiger partial charge in [0.05, 0.1) is 0 Å². The van der Waals surface area contributed by atoms with Gasteiger partial charge in [0.1, 0.15) is 11.6 Å². The van der Waals surface area contributed by atoms with E-state index >= 15 is 0 Å². The summed E-state index contributed by atoms with van der Waals surface area (Å²) in [4.78, 5) is 0. The van der Waals surface area contributed by atoms with Crippen molar-refractivity contribution in [2.45, 2.75) is 0 Å². The highest BCUT2D eigenvalue weighted by molar-refractivity contribution is 5.37. The van der Waals surface area contributed by atoms with E-state index in [2.05, 4.69) is 15.5 Å². The Bertz CT molecular complexity index is 181. The van der Waals surface area contributed by atoms with Crippen molar-refractivity contribution in [2.24, 2.45) is 0 Å². The van der Waals surface area contributed by atoms with E-state index in [1.54, 1.807) is 19.2 Å². The Balaban J connectivity index is 2.88. The molecular weight excluding hydrogens is 116 g/mol. The first kappa shape index (κ1) is 5.81. The van der Waals surface area contributed by atoms with Crippen molar-refractivity contribution in [3.8, 4) is 0 Å². The lowest BCUT2D eigenvalue weighted by atomic mass is 10.5. The van der Waals surface area contributed by atoms with Crippen LogP contribution in [0, 0.1) is 0 Å². The van der Waals surface area contributed by atoms with Gasteiger partial charge in [-0.25, -0.2) is 0 Å². The van der Waals surface area contributed by atoms with E-state index in [1.807, 2.05) is 0 Å². The van der Waals surface area contributed by atoms with Crippen LogP contribution >= 0.6 is 0 Å². The van der Waals surface area contributed by atoms with Gasteiger partial charge in [-0.1, -0.05) is 0 Å². The standard InChI is InChI=1S/C5H8N4/c1-7-5-3-2-4(6)8-9-5/h2-3H,1H3,(H2,6,8)(H,7,9). The van der Waals surface area contributed by atoms with Crippen LogP contribution in [0.2, 0.25) is 0 Å². The summed E-state index contributed by atoms with van der Waals surface area (Å²) < 4.78 is 0. The van der Waals surface area contributed by atoms with Crippen LogP contribution in [0.25, 0.3) is 0 Å². The quantitative estimate of drug-likeness (QED) is 0.557. The van der Waals surface area contributed by atoms with Crippen molar-refractivity contribution in [1.29, 1.82) is 0 Å². The van der Waals surface area contributed by atoms with Crippen LogP contribution in [0.3, 0.4) is 0 Å². The first-order valence-corrected chi connectivity index (χ1v) is 2.60. The molecule has 0 aliphatic rings. The van der Waals surface area contributed by atoms with Gasteiger partial charge in [-0.05, 0) is 12.1 Å². The molecule has 0 saturated heterocycles. The van der Waals surface area contributed by atoms with Crippen LogP contribution in [0.1, 0.15) is 0 Å². The van der Waals surface area contributed by atoms with Gasteiger partial charge in [0, 0.05) is 7.05 Å². The maximum atomic E-state index is 5.28. The van der Waals surface area contributed by atoms with E-state index < -0.39 is 0 Å². The Morgan fingerprint density at radius 3 is 2.67 bits per heavy atom. The van der Waals surface area contributed by atoms with Crippen LogP contribution < -0.4 is 11.1 Å². The average Bonchev–Trinajstić information content (AvgIpc) is 1.90. The molecule has 4 nitrogen and oxygen atoms in total. The van der Waals surface area contributed by atoms with Gasteiger partial charge in [0.15, 0.2) is 0 Å². The second-order valence-electron chi connectivity index (χ2n) is 1.59. The predicted molar refractivity (Wildman–Crippen MR) is 36.0 cm³/mol. The molecule has 0 saturated carbocycles. The summed E-state index contributed by atoms with van der Waals surface area (Å²) in [7, 11) is 1.78. The molecule has 0 bridgehead atoms. The molecule has 1 rings (SSSR count). The van der Waals surface area contributed by atoms with Gasteiger partial charge >= 0.3 is 0 Å². The maximum absolute atomic E-state index is 5.28. The second-order valence-corrected chi connectivity index (χ2v) is 1.59. The van der Waals surface area contributed by atoms with Gasteiger partial charge in [-0.2, -0.15) is 0 Å². The lowest BCUT2D eigenvalue weighted by molar-refractivity contribution is 1.04. The molecule has 48 valence electrons. The number of hydrogen-bond donors (Lipinski definition) is 2. The van der Waals surface area contributed by atoms with Crippen molar-refractivity contribution in [3.05, 3.63) is 12.1 Å². The first-order chi connectivity index (χ1) is 4.33. The van der Waals surface area contributed by atoms with E-state index in [4.69, 9.17) is 5.73 Å².